The van der Waals surface area contributed by atoms with Gasteiger partial charge in [0.25, 0.3) is 5.91 Å². The van der Waals surface area contributed by atoms with Gasteiger partial charge in [0.2, 0.25) is 6.79 Å². The van der Waals surface area contributed by atoms with Crippen LogP contribution in [-0.2, 0) is 41.1 Å². The maximum Gasteiger partial charge on any atom is 0.416 e. The van der Waals surface area contributed by atoms with E-state index in [0.29, 0.717) is 12.0 Å². The first-order valence-corrected chi connectivity index (χ1v) is 14.7. The van der Waals surface area contributed by atoms with Crippen molar-refractivity contribution in [2.24, 2.45) is 5.92 Å². The number of aromatic nitrogens is 1. The summed E-state index contributed by atoms with van der Waals surface area (Å²) in [6.07, 6.45) is -0.563. The molecule has 11 nitrogen and oxygen atoms in total. The van der Waals surface area contributed by atoms with Crippen LogP contribution in [0.1, 0.15) is 61.1 Å². The van der Waals surface area contributed by atoms with E-state index in [4.69, 9.17) is 28.4 Å². The van der Waals surface area contributed by atoms with Crippen LogP contribution in [0.2, 0.25) is 0 Å². The molecule has 2 aromatic rings. The molecule has 1 aliphatic heterocycles. The van der Waals surface area contributed by atoms with Crippen LogP contribution in [0.3, 0.4) is 0 Å². The number of benzene rings is 1. The highest BCUT2D eigenvalue weighted by atomic mass is 19.4. The van der Waals surface area contributed by atoms with Crippen LogP contribution in [0, 0.1) is 5.92 Å². The van der Waals surface area contributed by atoms with E-state index in [-0.39, 0.29) is 42.4 Å². The number of pyridine rings is 1. The van der Waals surface area contributed by atoms with Crippen LogP contribution >= 0.6 is 0 Å². The Bertz CT molecular complexity index is 1320. The van der Waals surface area contributed by atoms with E-state index in [9.17, 15) is 27.6 Å². The number of carbonyl (C=O) groups excluding carboxylic acids is 3. The monoisotopic (exact) mass is 638 g/mol. The number of hydrogen-bond acceptors (Lipinski definition) is 10. The smallest absolute Gasteiger partial charge is 0.416 e. The maximum absolute atomic E-state index is 13.3. The Kier molecular flexibility index (Phi) is 11.6. The minimum Gasteiger partial charge on any atom is -0.493 e. The SMILES string of the molecule is COc1ccnc(C(=O)N[C@H]2COC[C@H](Cc3ccc(C(F)(F)F)cc3)[C@@H](OC3CCCC3)[C@H](C)OC2=O)c1OCOC(C)=O. The second-order valence-corrected chi connectivity index (χ2v) is 11.0. The van der Waals surface area contributed by atoms with Crippen molar-refractivity contribution in [1.29, 1.82) is 0 Å². The predicted molar refractivity (Wildman–Crippen MR) is 151 cm³/mol. The Morgan fingerprint density at radius 1 is 1.09 bits per heavy atom. The van der Waals surface area contributed by atoms with Crippen LogP contribution < -0.4 is 14.8 Å². The molecule has 4 rings (SSSR count). The van der Waals surface area contributed by atoms with Gasteiger partial charge in [-0.25, -0.2) is 9.78 Å². The van der Waals surface area contributed by atoms with Crippen LogP contribution in [0.25, 0.3) is 0 Å². The number of alkyl halides is 3. The summed E-state index contributed by atoms with van der Waals surface area (Å²) in [6.45, 7) is 2.20. The number of ether oxygens (including phenoxy) is 6. The molecule has 4 atom stereocenters. The lowest BCUT2D eigenvalue weighted by Gasteiger charge is -2.33. The van der Waals surface area contributed by atoms with Crippen molar-refractivity contribution in [3.05, 3.63) is 53.3 Å². The van der Waals surface area contributed by atoms with E-state index in [2.05, 4.69) is 10.3 Å². The van der Waals surface area contributed by atoms with Crippen molar-refractivity contribution in [1.82, 2.24) is 10.3 Å². The van der Waals surface area contributed by atoms with E-state index >= 15 is 0 Å². The molecule has 1 saturated heterocycles. The minimum absolute atomic E-state index is 0.0490. The summed E-state index contributed by atoms with van der Waals surface area (Å²) >= 11 is 0. The van der Waals surface area contributed by atoms with Crippen molar-refractivity contribution < 1.29 is 56.0 Å². The van der Waals surface area contributed by atoms with Crippen molar-refractivity contribution >= 4 is 17.8 Å². The van der Waals surface area contributed by atoms with Gasteiger partial charge in [-0.3, -0.25) is 9.59 Å². The number of esters is 2. The van der Waals surface area contributed by atoms with Crippen molar-refractivity contribution in [2.45, 2.75) is 76.5 Å². The highest BCUT2D eigenvalue weighted by molar-refractivity contribution is 5.98. The summed E-state index contributed by atoms with van der Waals surface area (Å²) in [5.41, 5.74) is -0.337. The molecule has 246 valence electrons. The fourth-order valence-electron chi connectivity index (χ4n) is 5.38. The van der Waals surface area contributed by atoms with Gasteiger partial charge in [-0.1, -0.05) is 25.0 Å². The molecule has 14 heteroatoms. The summed E-state index contributed by atoms with van der Waals surface area (Å²) in [6, 6.07) is 5.11. The molecule has 1 amide bonds. The highest BCUT2D eigenvalue weighted by Crippen LogP contribution is 2.32. The zero-order chi connectivity index (χ0) is 32.6. The van der Waals surface area contributed by atoms with Gasteiger partial charge >= 0.3 is 18.1 Å². The molecule has 2 aliphatic rings. The lowest BCUT2D eigenvalue weighted by Crippen LogP contribution is -2.47. The molecular weight excluding hydrogens is 601 g/mol. The molecule has 1 aliphatic carbocycles. The Balaban J connectivity index is 1.52. The number of amides is 1. The fraction of sp³-hybridized carbons (Fsp3) is 0.548. The zero-order valence-corrected chi connectivity index (χ0v) is 25.3. The normalized spacial score (nSPS) is 22.8. The first-order valence-electron chi connectivity index (χ1n) is 14.7. The zero-order valence-electron chi connectivity index (χ0n) is 25.3. The van der Waals surface area contributed by atoms with Gasteiger partial charge < -0.3 is 33.7 Å². The Morgan fingerprint density at radius 3 is 2.44 bits per heavy atom. The predicted octanol–water partition coefficient (Wildman–Crippen LogP) is 4.26. The van der Waals surface area contributed by atoms with Crippen molar-refractivity contribution in [3.63, 3.8) is 0 Å². The summed E-state index contributed by atoms with van der Waals surface area (Å²) < 4.78 is 73.1. The summed E-state index contributed by atoms with van der Waals surface area (Å²) in [5.74, 6) is -2.51. The number of carbonyl (C=O) groups is 3. The quantitative estimate of drug-likeness (QED) is 0.298. The molecule has 2 heterocycles. The minimum atomic E-state index is -4.45. The van der Waals surface area contributed by atoms with E-state index in [0.717, 1.165) is 37.8 Å². The van der Waals surface area contributed by atoms with Crippen LogP contribution in [-0.4, -0.2) is 74.3 Å². The Morgan fingerprint density at radius 2 is 1.80 bits per heavy atom. The second-order valence-electron chi connectivity index (χ2n) is 11.0. The molecule has 0 bridgehead atoms. The average Bonchev–Trinajstić information content (AvgIpc) is 3.52. The highest BCUT2D eigenvalue weighted by Gasteiger charge is 2.38. The van der Waals surface area contributed by atoms with Gasteiger partial charge in [0.05, 0.1) is 38.1 Å². The average molecular weight is 639 g/mol. The molecule has 1 aromatic heterocycles. The molecule has 0 unspecified atom stereocenters. The fourth-order valence-corrected chi connectivity index (χ4v) is 5.38. The standard InChI is InChI=1S/C31H37F3N2O9/c1-18-27(45-23-6-4-5-7-23)21(14-20-8-10-22(11-9-20)31(32,33)34)15-41-16-24(30(39)44-18)36-29(38)26-28(43-17-42-19(2)37)25(40-3)12-13-35-26/h8-13,18,21,23-24,27H,4-7,14-17H2,1-3H3,(H,36,38)/t18-,21-,24-,27-/m0/s1. The lowest BCUT2D eigenvalue weighted by molar-refractivity contribution is -0.164. The Hall–Kier alpha value is -3.91. The first kappa shape index (κ1) is 34.0. The van der Waals surface area contributed by atoms with Gasteiger partial charge in [-0.15, -0.1) is 0 Å². The molecular formula is C31H37F3N2O9. The van der Waals surface area contributed by atoms with E-state index in [1.165, 1.54) is 38.4 Å². The third-order valence-corrected chi connectivity index (χ3v) is 7.64. The van der Waals surface area contributed by atoms with E-state index in [1.807, 2.05) is 0 Å². The molecule has 45 heavy (non-hydrogen) atoms. The van der Waals surface area contributed by atoms with E-state index < -0.39 is 54.6 Å². The third-order valence-electron chi connectivity index (χ3n) is 7.64. The second kappa shape index (κ2) is 15.4. The topological polar surface area (TPSA) is 132 Å². The van der Waals surface area contributed by atoms with Gasteiger partial charge in [0.1, 0.15) is 6.10 Å². The first-order chi connectivity index (χ1) is 21.5. The lowest BCUT2D eigenvalue weighted by atomic mass is 9.91. The largest absolute Gasteiger partial charge is 0.493 e. The van der Waals surface area contributed by atoms with Crippen LogP contribution in [0.5, 0.6) is 11.5 Å². The molecule has 1 aromatic carbocycles. The van der Waals surface area contributed by atoms with E-state index in [1.54, 1.807) is 6.92 Å². The number of cyclic esters (lactones) is 1. The number of hydrogen-bond donors (Lipinski definition) is 1. The molecule has 1 N–H and O–H groups in total. The van der Waals surface area contributed by atoms with Crippen LogP contribution in [0.4, 0.5) is 13.2 Å². The Labute approximate surface area is 258 Å². The van der Waals surface area contributed by atoms with Gasteiger partial charge in [0.15, 0.2) is 23.2 Å². The van der Waals surface area contributed by atoms with Crippen molar-refractivity contribution in [2.75, 3.05) is 27.1 Å². The number of halogens is 3. The van der Waals surface area contributed by atoms with Gasteiger partial charge in [-0.2, -0.15) is 13.2 Å². The molecule has 1 saturated carbocycles. The summed E-state index contributed by atoms with van der Waals surface area (Å²) in [4.78, 5) is 41.9. The summed E-state index contributed by atoms with van der Waals surface area (Å²) in [7, 11) is 1.35. The number of methoxy groups -OCH3 is 1. The number of nitrogens with one attached hydrogen (secondary N) is 1. The third kappa shape index (κ3) is 9.30. The maximum atomic E-state index is 13.3. The summed E-state index contributed by atoms with van der Waals surface area (Å²) in [5, 5.41) is 2.57. The van der Waals surface area contributed by atoms with Gasteiger partial charge in [0, 0.05) is 25.1 Å². The number of rotatable bonds is 10. The van der Waals surface area contributed by atoms with Crippen LogP contribution in [0.15, 0.2) is 36.5 Å². The molecule has 0 spiro atoms. The van der Waals surface area contributed by atoms with Crippen molar-refractivity contribution in [3.8, 4) is 11.5 Å². The van der Waals surface area contributed by atoms with Gasteiger partial charge in [-0.05, 0) is 43.9 Å². The molecule has 2 fully saturated rings. The molecule has 0 radical (unpaired) electrons. The number of nitrogens with zero attached hydrogens (tertiary/aromatic N) is 1.